The van der Waals surface area contributed by atoms with E-state index in [1.54, 1.807) is 31.8 Å². The number of carbonyl (C=O) groups excluding carboxylic acids is 1. The van der Waals surface area contributed by atoms with E-state index >= 15 is 0 Å². The van der Waals surface area contributed by atoms with Crippen LogP contribution in [0.3, 0.4) is 0 Å². The van der Waals surface area contributed by atoms with Gasteiger partial charge in [-0.3, -0.25) is 9.78 Å². The van der Waals surface area contributed by atoms with Crippen molar-refractivity contribution in [2.75, 3.05) is 12.4 Å². The third-order valence-electron chi connectivity index (χ3n) is 3.32. The monoisotopic (exact) mass is 344 g/mol. The number of nitrogens with zero attached hydrogens (tertiary/aromatic N) is 1. The molecule has 0 saturated heterocycles. The van der Waals surface area contributed by atoms with Crippen LogP contribution in [0.15, 0.2) is 46.5 Å². The number of methoxy groups -OCH3 is 1. The summed E-state index contributed by atoms with van der Waals surface area (Å²) in [5.41, 5.74) is 2.14. The van der Waals surface area contributed by atoms with Crippen LogP contribution in [0.2, 0.25) is 0 Å². The highest BCUT2D eigenvalue weighted by Gasteiger charge is 2.16. The number of thiazole rings is 1. The number of aryl methyl sites for hydroxylation is 1. The first-order chi connectivity index (χ1) is 11.7. The Bertz CT molecular complexity index is 810. The number of aromatic nitrogens is 1. The molecule has 24 heavy (non-hydrogen) atoms. The molecule has 0 fully saturated rings. The minimum Gasteiger partial charge on any atom is -0.497 e. The second kappa shape index (κ2) is 7.18. The van der Waals surface area contributed by atoms with Gasteiger partial charge in [-0.1, -0.05) is 0 Å². The van der Waals surface area contributed by atoms with Gasteiger partial charge in [-0.2, -0.15) is 0 Å². The van der Waals surface area contributed by atoms with Crippen molar-refractivity contribution in [1.82, 2.24) is 4.98 Å². The minimum absolute atomic E-state index is 0.226. The van der Waals surface area contributed by atoms with E-state index in [1.165, 1.54) is 11.3 Å². The number of nitrogens with one attached hydrogen (secondary N) is 1. The van der Waals surface area contributed by atoms with Crippen LogP contribution in [-0.2, 0) is 6.61 Å². The highest BCUT2D eigenvalue weighted by molar-refractivity contribution is 7.14. The van der Waals surface area contributed by atoms with Gasteiger partial charge in [0.1, 0.15) is 34.6 Å². The summed E-state index contributed by atoms with van der Waals surface area (Å²) in [6.07, 6.45) is 1.60. The smallest absolute Gasteiger partial charge is 0.259 e. The van der Waals surface area contributed by atoms with Crippen LogP contribution < -0.4 is 14.8 Å². The van der Waals surface area contributed by atoms with E-state index in [4.69, 9.17) is 13.9 Å². The molecule has 0 unspecified atom stereocenters. The van der Waals surface area contributed by atoms with E-state index < -0.39 is 0 Å². The zero-order chi connectivity index (χ0) is 16.9. The minimum atomic E-state index is -0.226. The fraction of sp³-hybridized carbons (Fsp3) is 0.176. The molecule has 3 aromatic rings. The average Bonchev–Trinajstić information content (AvgIpc) is 3.23. The number of amides is 1. The normalized spacial score (nSPS) is 10.4. The molecule has 0 aliphatic rings. The van der Waals surface area contributed by atoms with Crippen LogP contribution in [-0.4, -0.2) is 18.0 Å². The lowest BCUT2D eigenvalue weighted by molar-refractivity contribution is 0.102. The first-order valence-corrected chi connectivity index (χ1v) is 8.09. The van der Waals surface area contributed by atoms with Crippen LogP contribution >= 0.6 is 11.3 Å². The summed E-state index contributed by atoms with van der Waals surface area (Å²) in [6, 6.07) is 8.95. The van der Waals surface area contributed by atoms with Crippen LogP contribution in [0.4, 0.5) is 5.00 Å². The Balaban J connectivity index is 1.63. The molecule has 6 nitrogen and oxygen atoms in total. The molecule has 0 radical (unpaired) electrons. The topological polar surface area (TPSA) is 73.6 Å². The number of ether oxygens (including phenoxy) is 2. The van der Waals surface area contributed by atoms with Crippen LogP contribution in [0, 0.1) is 6.92 Å². The number of anilines is 1. The lowest BCUT2D eigenvalue weighted by atomic mass is 10.2. The van der Waals surface area contributed by atoms with E-state index in [1.807, 2.05) is 24.3 Å². The summed E-state index contributed by atoms with van der Waals surface area (Å²) >= 11 is 1.36. The van der Waals surface area contributed by atoms with Gasteiger partial charge in [-0.25, -0.2) is 0 Å². The highest BCUT2D eigenvalue weighted by atomic mass is 32.1. The van der Waals surface area contributed by atoms with Gasteiger partial charge in [0.05, 0.1) is 24.4 Å². The Morgan fingerprint density at radius 1 is 1.29 bits per heavy atom. The number of benzene rings is 1. The van der Waals surface area contributed by atoms with Crippen molar-refractivity contribution in [3.8, 4) is 11.5 Å². The second-order valence-electron chi connectivity index (χ2n) is 4.97. The highest BCUT2D eigenvalue weighted by Crippen LogP contribution is 2.21. The lowest BCUT2D eigenvalue weighted by Crippen LogP contribution is -2.11. The Hall–Kier alpha value is -2.80. The Kier molecular flexibility index (Phi) is 4.81. The zero-order valence-corrected chi connectivity index (χ0v) is 14.1. The summed E-state index contributed by atoms with van der Waals surface area (Å²) in [6.45, 7) is 1.99. The van der Waals surface area contributed by atoms with Gasteiger partial charge in [0, 0.05) is 0 Å². The molecular formula is C17H16N2O4S. The number of hydrogen-bond donors (Lipinski definition) is 1. The molecule has 1 N–H and O–H groups in total. The fourth-order valence-corrected chi connectivity index (χ4v) is 2.63. The maximum Gasteiger partial charge on any atom is 0.259 e. The van der Waals surface area contributed by atoms with Crippen molar-refractivity contribution < 1.29 is 18.7 Å². The lowest BCUT2D eigenvalue weighted by Gasteiger charge is -2.05. The molecule has 2 aromatic heterocycles. The van der Waals surface area contributed by atoms with Gasteiger partial charge in [0.15, 0.2) is 0 Å². The molecule has 0 aliphatic carbocycles. The van der Waals surface area contributed by atoms with E-state index in [0.29, 0.717) is 27.8 Å². The number of carbonyl (C=O) groups is 1. The third-order valence-corrected chi connectivity index (χ3v) is 4.01. The summed E-state index contributed by atoms with van der Waals surface area (Å²) < 4.78 is 16.4. The number of rotatable bonds is 6. The standard InChI is InChI=1S/C17H16N2O4S/c1-11-15(17(20)19-16-8-18-10-24-16)7-14(23-11)9-22-13-5-3-12(21-2)4-6-13/h3-8,10H,9H2,1-2H3,(H,19,20). The molecule has 0 aliphatic heterocycles. The number of hydrogen-bond acceptors (Lipinski definition) is 6. The van der Waals surface area contributed by atoms with Crippen molar-refractivity contribution in [3.63, 3.8) is 0 Å². The largest absolute Gasteiger partial charge is 0.497 e. The third kappa shape index (κ3) is 3.75. The molecule has 0 atom stereocenters. The van der Waals surface area contributed by atoms with Crippen LogP contribution in [0.5, 0.6) is 11.5 Å². The molecule has 0 spiro atoms. The molecular weight excluding hydrogens is 328 g/mol. The SMILES string of the molecule is COc1ccc(OCc2cc(C(=O)Nc3cncs3)c(C)o2)cc1. The Morgan fingerprint density at radius 3 is 2.71 bits per heavy atom. The van der Waals surface area contributed by atoms with E-state index in [0.717, 1.165) is 5.75 Å². The molecule has 3 rings (SSSR count). The summed E-state index contributed by atoms with van der Waals surface area (Å²) in [5.74, 6) is 2.36. The predicted molar refractivity (Wildman–Crippen MR) is 90.8 cm³/mol. The Labute approximate surface area is 143 Å². The molecule has 2 heterocycles. The molecule has 1 aromatic carbocycles. The quantitative estimate of drug-likeness (QED) is 0.734. The van der Waals surface area contributed by atoms with Gasteiger partial charge >= 0.3 is 0 Å². The van der Waals surface area contributed by atoms with Crippen molar-refractivity contribution >= 4 is 22.2 Å². The molecule has 0 bridgehead atoms. The number of furan rings is 1. The van der Waals surface area contributed by atoms with Crippen molar-refractivity contribution in [2.45, 2.75) is 13.5 Å². The van der Waals surface area contributed by atoms with Gasteiger partial charge in [0.2, 0.25) is 0 Å². The fourth-order valence-electron chi connectivity index (χ4n) is 2.12. The van der Waals surface area contributed by atoms with Gasteiger partial charge in [-0.05, 0) is 37.3 Å². The van der Waals surface area contributed by atoms with E-state index in [2.05, 4.69) is 10.3 Å². The maximum atomic E-state index is 12.2. The average molecular weight is 344 g/mol. The summed E-state index contributed by atoms with van der Waals surface area (Å²) in [7, 11) is 1.61. The van der Waals surface area contributed by atoms with Crippen molar-refractivity contribution in [2.24, 2.45) is 0 Å². The second-order valence-corrected chi connectivity index (χ2v) is 5.85. The van der Waals surface area contributed by atoms with E-state index in [9.17, 15) is 4.79 Å². The van der Waals surface area contributed by atoms with E-state index in [-0.39, 0.29) is 12.5 Å². The molecule has 124 valence electrons. The van der Waals surface area contributed by atoms with Crippen LogP contribution in [0.25, 0.3) is 0 Å². The van der Waals surface area contributed by atoms with Crippen LogP contribution in [0.1, 0.15) is 21.9 Å². The summed E-state index contributed by atoms with van der Waals surface area (Å²) in [4.78, 5) is 16.2. The zero-order valence-electron chi connectivity index (χ0n) is 13.2. The molecule has 1 amide bonds. The molecule has 7 heteroatoms. The first kappa shape index (κ1) is 16.1. The van der Waals surface area contributed by atoms with Gasteiger partial charge in [0.25, 0.3) is 5.91 Å². The Morgan fingerprint density at radius 2 is 2.04 bits per heavy atom. The molecule has 0 saturated carbocycles. The van der Waals surface area contributed by atoms with Crippen molar-refractivity contribution in [3.05, 3.63) is 59.1 Å². The van der Waals surface area contributed by atoms with Crippen molar-refractivity contribution in [1.29, 1.82) is 0 Å². The predicted octanol–water partition coefficient (Wildman–Crippen LogP) is 3.88. The maximum absolute atomic E-state index is 12.2. The first-order valence-electron chi connectivity index (χ1n) is 7.21. The summed E-state index contributed by atoms with van der Waals surface area (Å²) in [5, 5.41) is 3.47. The van der Waals surface area contributed by atoms with Gasteiger partial charge < -0.3 is 19.2 Å². The van der Waals surface area contributed by atoms with Gasteiger partial charge in [-0.15, -0.1) is 11.3 Å².